The second kappa shape index (κ2) is 14.3. The van der Waals surface area contributed by atoms with Gasteiger partial charge in [0, 0.05) is 46.8 Å². The lowest BCUT2D eigenvalue weighted by Crippen LogP contribution is -2.41. The van der Waals surface area contributed by atoms with Crippen molar-refractivity contribution < 1.29 is 12.6 Å². The van der Waals surface area contributed by atoms with Crippen LogP contribution in [0.1, 0.15) is 36.0 Å². The van der Waals surface area contributed by atoms with Gasteiger partial charge in [-0.3, -0.25) is 18.7 Å². The zero-order valence-corrected chi connectivity index (χ0v) is 28.7. The lowest BCUT2D eigenvalue weighted by atomic mass is 9.91. The molecule has 2 unspecified atom stereocenters. The average molecular weight is 758 g/mol. The maximum Gasteiger partial charge on any atom is 0.425 e. The molecular weight excluding hydrogens is 726 g/mol. The van der Waals surface area contributed by atoms with Gasteiger partial charge in [-0.05, 0) is 68.9 Å². The van der Waals surface area contributed by atoms with E-state index in [4.69, 9.17) is 17.6 Å². The summed E-state index contributed by atoms with van der Waals surface area (Å²) in [6.07, 6.45) is 3.80. The van der Waals surface area contributed by atoms with Crippen LogP contribution < -0.4 is 11.1 Å². The molecule has 0 aliphatic carbocycles. The Morgan fingerprint density at radius 2 is 1.22 bits per heavy atom. The van der Waals surface area contributed by atoms with E-state index in [1.807, 2.05) is 51.6 Å². The first kappa shape index (κ1) is 32.9. The van der Waals surface area contributed by atoms with E-state index in [1.54, 1.807) is 0 Å². The van der Waals surface area contributed by atoms with E-state index >= 15 is 0 Å². The minimum Gasteiger partial charge on any atom is -0.305 e. The van der Waals surface area contributed by atoms with Crippen LogP contribution in [0.3, 0.4) is 0 Å². The average Bonchev–Trinajstić information content (AvgIpc) is 3.01. The minimum atomic E-state index is -3.11. The zero-order valence-electron chi connectivity index (χ0n) is 24.7. The normalized spacial score (nSPS) is 17.0. The molecule has 2 aliphatic rings. The molecule has 7 rings (SSSR count). The molecule has 45 heavy (non-hydrogen) atoms. The SMILES string of the molecule is CN(C)C1CCc2nc3cc(Br)ccc3c(=O)n2C1.O=S(=O)=O.O=c1c2ccc(Br)cc2nc2n1CC(c1ccccc1)CC2. The molecule has 10 nitrogen and oxygen atoms in total. The van der Waals surface area contributed by atoms with Gasteiger partial charge < -0.3 is 4.90 Å². The minimum absolute atomic E-state index is 0.0770. The first-order valence-electron chi connectivity index (χ1n) is 14.4. The Bertz CT molecular complexity index is 2100. The van der Waals surface area contributed by atoms with Gasteiger partial charge in [0.1, 0.15) is 11.6 Å². The van der Waals surface area contributed by atoms with Crippen LogP contribution in [0.4, 0.5) is 0 Å². The summed E-state index contributed by atoms with van der Waals surface area (Å²) >= 11 is 6.87. The van der Waals surface area contributed by atoms with Crippen molar-refractivity contribution in [2.45, 2.75) is 50.7 Å². The number of nitrogens with zero attached hydrogens (tertiary/aromatic N) is 5. The first-order chi connectivity index (χ1) is 21.5. The summed E-state index contributed by atoms with van der Waals surface area (Å²) in [7, 11) is 1.01. The molecule has 0 fully saturated rings. The highest BCUT2D eigenvalue weighted by atomic mass is 79.9. The second-order valence-electron chi connectivity index (χ2n) is 11.2. The van der Waals surface area contributed by atoms with Crippen LogP contribution in [-0.4, -0.2) is 56.8 Å². The number of hydrogen-bond acceptors (Lipinski definition) is 8. The van der Waals surface area contributed by atoms with E-state index < -0.39 is 10.6 Å². The van der Waals surface area contributed by atoms with Gasteiger partial charge in [-0.15, -0.1) is 12.6 Å². The van der Waals surface area contributed by atoms with E-state index in [2.05, 4.69) is 80.1 Å². The fourth-order valence-corrected chi connectivity index (χ4v) is 6.57. The summed E-state index contributed by atoms with van der Waals surface area (Å²) in [6, 6.07) is 22.2. The number of hydrogen-bond donors (Lipinski definition) is 0. The molecule has 0 amide bonds. The van der Waals surface area contributed by atoms with Crippen molar-refractivity contribution in [3.05, 3.63) is 114 Å². The van der Waals surface area contributed by atoms with Crippen molar-refractivity contribution in [2.75, 3.05) is 14.1 Å². The maximum absolute atomic E-state index is 12.8. The Kier molecular flexibility index (Phi) is 10.4. The van der Waals surface area contributed by atoms with Gasteiger partial charge >= 0.3 is 10.6 Å². The number of fused-ring (bicyclic) bond motifs is 4. The molecule has 2 aliphatic heterocycles. The van der Waals surface area contributed by atoms with Crippen LogP contribution in [0.5, 0.6) is 0 Å². The fourth-order valence-electron chi connectivity index (χ4n) is 5.87. The second-order valence-corrected chi connectivity index (χ2v) is 13.5. The topological polar surface area (TPSA) is 124 Å². The predicted octanol–water partition coefficient (Wildman–Crippen LogP) is 4.92. The smallest absolute Gasteiger partial charge is 0.305 e. The van der Waals surface area contributed by atoms with Gasteiger partial charge in [0.2, 0.25) is 0 Å². The van der Waals surface area contributed by atoms with Gasteiger partial charge in [0.05, 0.1) is 21.8 Å². The van der Waals surface area contributed by atoms with E-state index in [0.717, 1.165) is 70.4 Å². The Labute approximate surface area is 278 Å². The van der Waals surface area contributed by atoms with Gasteiger partial charge in [-0.2, -0.15) is 0 Å². The van der Waals surface area contributed by atoms with Crippen LogP contribution >= 0.6 is 31.9 Å². The number of benzene rings is 3. The van der Waals surface area contributed by atoms with Crippen LogP contribution in [-0.2, 0) is 36.5 Å². The van der Waals surface area contributed by atoms with Crippen LogP contribution in [0, 0.1) is 0 Å². The first-order valence-corrected chi connectivity index (χ1v) is 17.0. The number of aromatic nitrogens is 4. The van der Waals surface area contributed by atoms with Crippen molar-refractivity contribution >= 4 is 64.3 Å². The lowest BCUT2D eigenvalue weighted by Gasteiger charge is -2.30. The van der Waals surface area contributed by atoms with Crippen LogP contribution in [0.2, 0.25) is 0 Å². The highest BCUT2D eigenvalue weighted by Crippen LogP contribution is 2.28. The van der Waals surface area contributed by atoms with E-state index in [9.17, 15) is 9.59 Å². The number of rotatable bonds is 2. The molecule has 0 saturated carbocycles. The predicted molar refractivity (Wildman–Crippen MR) is 180 cm³/mol. The molecule has 4 heterocycles. The van der Waals surface area contributed by atoms with Gasteiger partial charge in [0.25, 0.3) is 11.1 Å². The summed E-state index contributed by atoms with van der Waals surface area (Å²) in [5.74, 6) is 2.21. The summed E-state index contributed by atoms with van der Waals surface area (Å²) in [5, 5.41) is 1.40. The third kappa shape index (κ3) is 7.66. The molecule has 234 valence electrons. The largest absolute Gasteiger partial charge is 0.425 e. The van der Waals surface area contributed by atoms with Gasteiger partial charge in [0.15, 0.2) is 0 Å². The Morgan fingerprint density at radius 1 is 0.733 bits per heavy atom. The molecule has 0 N–H and O–H groups in total. The van der Waals surface area contributed by atoms with E-state index in [-0.39, 0.29) is 11.1 Å². The summed E-state index contributed by atoms with van der Waals surface area (Å²) in [5.41, 5.74) is 3.03. The van der Waals surface area contributed by atoms with E-state index in [1.165, 1.54) is 5.56 Å². The van der Waals surface area contributed by atoms with Crippen molar-refractivity contribution in [2.24, 2.45) is 0 Å². The monoisotopic (exact) mass is 755 g/mol. The zero-order chi connectivity index (χ0) is 32.2. The van der Waals surface area contributed by atoms with Gasteiger partial charge in [-0.1, -0.05) is 62.2 Å². The molecule has 5 aromatic rings. The van der Waals surface area contributed by atoms with Crippen molar-refractivity contribution in [3.63, 3.8) is 0 Å². The summed E-state index contributed by atoms with van der Waals surface area (Å²) in [6.45, 7) is 1.46. The molecular formula is C32H31Br2N5O5S. The molecule has 3 aromatic carbocycles. The Morgan fingerprint density at radius 3 is 1.73 bits per heavy atom. The van der Waals surface area contributed by atoms with Gasteiger partial charge in [-0.25, -0.2) is 9.97 Å². The molecule has 2 aromatic heterocycles. The Balaban J connectivity index is 0.000000161. The third-order valence-corrected chi connectivity index (χ3v) is 9.19. The fraction of sp³-hybridized carbons (Fsp3) is 0.312. The third-order valence-electron chi connectivity index (χ3n) is 8.21. The molecule has 2 atom stereocenters. The number of likely N-dealkylation sites (N-methyl/N-ethyl adjacent to an activating group) is 1. The number of aryl methyl sites for hydroxylation is 2. The lowest BCUT2D eigenvalue weighted by molar-refractivity contribution is 0.226. The van der Waals surface area contributed by atoms with Crippen molar-refractivity contribution in [3.8, 4) is 0 Å². The molecule has 0 radical (unpaired) electrons. The molecule has 0 spiro atoms. The van der Waals surface area contributed by atoms with Crippen LogP contribution in [0.15, 0.2) is 85.3 Å². The van der Waals surface area contributed by atoms with Crippen molar-refractivity contribution in [1.29, 1.82) is 0 Å². The standard InChI is InChI=1S/C18H15BrN2O.C14H16BrN3O.O3S/c19-14-7-8-15-16(10-14)20-17-9-6-13(11-21(17)18(15)22)12-4-2-1-3-5-12;1-17(2)10-4-6-13-16-12-7-9(15)3-5-11(12)14(19)18(13)8-10;1-4(2)3/h1-5,7-8,10,13H,6,9,11H2;3,5,7,10H,4,6,8H2,1-2H3;. The number of halogens is 2. The summed E-state index contributed by atoms with van der Waals surface area (Å²) < 4.78 is 30.9. The maximum atomic E-state index is 12.8. The molecule has 0 bridgehead atoms. The van der Waals surface area contributed by atoms with Crippen LogP contribution in [0.25, 0.3) is 21.8 Å². The highest BCUT2D eigenvalue weighted by molar-refractivity contribution is 9.10. The molecule has 13 heteroatoms. The highest BCUT2D eigenvalue weighted by Gasteiger charge is 2.24. The quantitative estimate of drug-likeness (QED) is 0.249. The van der Waals surface area contributed by atoms with E-state index in [0.29, 0.717) is 22.7 Å². The summed E-state index contributed by atoms with van der Waals surface area (Å²) in [4.78, 5) is 36.8. The van der Waals surface area contributed by atoms with Crippen molar-refractivity contribution in [1.82, 2.24) is 24.0 Å². The molecule has 0 saturated heterocycles. The Hall–Kier alpha value is -3.52.